The lowest BCUT2D eigenvalue weighted by molar-refractivity contribution is -0.137. The highest BCUT2D eigenvalue weighted by Gasteiger charge is 2.31. The van der Waals surface area contributed by atoms with Gasteiger partial charge in [0, 0.05) is 30.6 Å². The van der Waals surface area contributed by atoms with Crippen LogP contribution in [0.5, 0.6) is 0 Å². The molecule has 1 saturated heterocycles. The Balaban J connectivity index is 1.91. The summed E-state index contributed by atoms with van der Waals surface area (Å²) in [6.07, 6.45) is -3.30. The zero-order chi connectivity index (χ0) is 19.5. The third-order valence-corrected chi connectivity index (χ3v) is 4.98. The van der Waals surface area contributed by atoms with Crippen molar-refractivity contribution in [3.63, 3.8) is 0 Å². The fourth-order valence-electron chi connectivity index (χ4n) is 2.84. The number of alkyl halides is 3. The van der Waals surface area contributed by atoms with Crippen molar-refractivity contribution >= 4 is 11.8 Å². The minimum atomic E-state index is -4.42. The van der Waals surface area contributed by atoms with Crippen molar-refractivity contribution in [3.8, 4) is 0 Å². The summed E-state index contributed by atoms with van der Waals surface area (Å²) >= 11 is 0. The van der Waals surface area contributed by atoms with Gasteiger partial charge in [-0.15, -0.1) is 0 Å². The molecule has 7 heteroatoms. The standard InChI is InChI=1S/C19H25F3N2O2/c1-12(2)13(3)23-17(25)14-8-10-24(11-9-14)18(26)15-4-6-16(7-5-15)19(20,21)22/h4-7,12-14H,8-11H2,1-3H3,(H,23,25). The van der Waals surface area contributed by atoms with Gasteiger partial charge in [0.25, 0.3) is 5.91 Å². The van der Waals surface area contributed by atoms with Gasteiger partial charge in [-0.05, 0) is 49.9 Å². The first kappa shape index (κ1) is 20.3. The summed E-state index contributed by atoms with van der Waals surface area (Å²) in [6, 6.07) is 4.33. The topological polar surface area (TPSA) is 49.4 Å². The Hall–Kier alpha value is -2.05. The molecule has 1 unspecified atom stereocenters. The van der Waals surface area contributed by atoms with E-state index in [9.17, 15) is 22.8 Å². The minimum absolute atomic E-state index is 0.00725. The number of carbonyl (C=O) groups excluding carboxylic acids is 2. The maximum Gasteiger partial charge on any atom is 0.416 e. The molecule has 0 aliphatic carbocycles. The number of rotatable bonds is 4. The molecule has 1 aliphatic rings. The maximum atomic E-state index is 12.6. The van der Waals surface area contributed by atoms with E-state index in [0.717, 1.165) is 12.1 Å². The number of amides is 2. The second-order valence-corrected chi connectivity index (χ2v) is 7.18. The van der Waals surface area contributed by atoms with E-state index in [4.69, 9.17) is 0 Å². The predicted molar refractivity (Wildman–Crippen MR) is 92.5 cm³/mol. The molecule has 1 atom stereocenters. The minimum Gasteiger partial charge on any atom is -0.353 e. The highest BCUT2D eigenvalue weighted by atomic mass is 19.4. The van der Waals surface area contributed by atoms with E-state index in [2.05, 4.69) is 5.32 Å². The van der Waals surface area contributed by atoms with E-state index in [0.29, 0.717) is 31.8 Å². The van der Waals surface area contributed by atoms with Crippen molar-refractivity contribution in [2.45, 2.75) is 45.8 Å². The number of carbonyl (C=O) groups is 2. The van der Waals surface area contributed by atoms with Gasteiger partial charge < -0.3 is 10.2 Å². The largest absolute Gasteiger partial charge is 0.416 e. The number of halogens is 3. The van der Waals surface area contributed by atoms with Crippen LogP contribution in [0.3, 0.4) is 0 Å². The van der Waals surface area contributed by atoms with Crippen molar-refractivity contribution in [1.29, 1.82) is 0 Å². The van der Waals surface area contributed by atoms with E-state index in [-0.39, 0.29) is 29.3 Å². The lowest BCUT2D eigenvalue weighted by Gasteiger charge is -2.32. The van der Waals surface area contributed by atoms with Gasteiger partial charge in [0.15, 0.2) is 0 Å². The van der Waals surface area contributed by atoms with Crippen LogP contribution in [-0.2, 0) is 11.0 Å². The second-order valence-electron chi connectivity index (χ2n) is 7.18. The molecule has 1 fully saturated rings. The smallest absolute Gasteiger partial charge is 0.353 e. The Bertz CT molecular complexity index is 633. The molecule has 2 amide bonds. The van der Waals surface area contributed by atoms with Gasteiger partial charge in [0.1, 0.15) is 0 Å². The van der Waals surface area contributed by atoms with Crippen LogP contribution in [0.15, 0.2) is 24.3 Å². The number of benzene rings is 1. The molecule has 1 aromatic carbocycles. The lowest BCUT2D eigenvalue weighted by Crippen LogP contribution is -2.45. The number of nitrogens with zero attached hydrogens (tertiary/aromatic N) is 1. The number of nitrogens with one attached hydrogen (secondary N) is 1. The summed E-state index contributed by atoms with van der Waals surface area (Å²) in [7, 11) is 0. The van der Waals surface area contributed by atoms with Gasteiger partial charge in [0.05, 0.1) is 5.56 Å². The molecular formula is C19H25F3N2O2. The average Bonchev–Trinajstić information content (AvgIpc) is 2.60. The van der Waals surface area contributed by atoms with Crippen LogP contribution in [0.25, 0.3) is 0 Å². The van der Waals surface area contributed by atoms with Crippen molar-refractivity contribution in [1.82, 2.24) is 10.2 Å². The molecule has 1 aromatic rings. The fourth-order valence-corrected chi connectivity index (χ4v) is 2.84. The Labute approximate surface area is 151 Å². The number of piperidine rings is 1. The highest BCUT2D eigenvalue weighted by Crippen LogP contribution is 2.29. The Kier molecular flexibility index (Phi) is 6.31. The SMILES string of the molecule is CC(C)C(C)NC(=O)C1CCN(C(=O)c2ccc(C(F)(F)F)cc2)CC1. The Morgan fingerprint density at radius 3 is 2.08 bits per heavy atom. The molecule has 0 aromatic heterocycles. The number of likely N-dealkylation sites (tertiary alicyclic amines) is 1. The quantitative estimate of drug-likeness (QED) is 0.878. The lowest BCUT2D eigenvalue weighted by atomic mass is 9.94. The molecule has 1 N–H and O–H groups in total. The molecule has 0 spiro atoms. The van der Waals surface area contributed by atoms with Crippen molar-refractivity contribution in [2.75, 3.05) is 13.1 Å². The van der Waals surface area contributed by atoms with Crippen molar-refractivity contribution in [2.24, 2.45) is 11.8 Å². The number of hydrogen-bond donors (Lipinski definition) is 1. The van der Waals surface area contributed by atoms with Crippen LogP contribution in [0.1, 0.15) is 49.5 Å². The summed E-state index contributed by atoms with van der Waals surface area (Å²) in [4.78, 5) is 26.3. The first-order valence-electron chi connectivity index (χ1n) is 8.86. The van der Waals surface area contributed by atoms with E-state index in [1.54, 1.807) is 4.90 Å². The highest BCUT2D eigenvalue weighted by molar-refractivity contribution is 5.94. The van der Waals surface area contributed by atoms with Gasteiger partial charge in [-0.2, -0.15) is 13.2 Å². The molecule has 26 heavy (non-hydrogen) atoms. The third kappa shape index (κ3) is 4.99. The Morgan fingerprint density at radius 1 is 1.08 bits per heavy atom. The van der Waals surface area contributed by atoms with E-state index in [1.165, 1.54) is 12.1 Å². The first-order chi connectivity index (χ1) is 12.1. The van der Waals surface area contributed by atoms with Gasteiger partial charge in [-0.3, -0.25) is 9.59 Å². The molecule has 1 heterocycles. The summed E-state index contributed by atoms with van der Waals surface area (Å²) in [5, 5.41) is 3.00. The second kappa shape index (κ2) is 8.10. The van der Waals surface area contributed by atoms with Gasteiger partial charge in [-0.25, -0.2) is 0 Å². The van der Waals surface area contributed by atoms with E-state index >= 15 is 0 Å². The fraction of sp³-hybridized carbons (Fsp3) is 0.579. The van der Waals surface area contributed by atoms with Crippen LogP contribution in [0, 0.1) is 11.8 Å². The van der Waals surface area contributed by atoms with E-state index in [1.807, 2.05) is 20.8 Å². The van der Waals surface area contributed by atoms with Crippen LogP contribution in [0.4, 0.5) is 13.2 Å². The van der Waals surface area contributed by atoms with Gasteiger partial charge in [-0.1, -0.05) is 13.8 Å². The number of hydrogen-bond acceptors (Lipinski definition) is 2. The molecule has 0 radical (unpaired) electrons. The molecule has 2 rings (SSSR count). The third-order valence-electron chi connectivity index (χ3n) is 4.98. The van der Waals surface area contributed by atoms with Crippen LogP contribution >= 0.6 is 0 Å². The molecule has 4 nitrogen and oxygen atoms in total. The first-order valence-corrected chi connectivity index (χ1v) is 8.86. The molecular weight excluding hydrogens is 345 g/mol. The summed E-state index contributed by atoms with van der Waals surface area (Å²) in [6.45, 7) is 6.89. The summed E-state index contributed by atoms with van der Waals surface area (Å²) < 4.78 is 37.8. The van der Waals surface area contributed by atoms with Crippen LogP contribution < -0.4 is 5.32 Å². The molecule has 1 aliphatic heterocycles. The monoisotopic (exact) mass is 370 g/mol. The normalized spacial score (nSPS) is 17.3. The summed E-state index contributed by atoms with van der Waals surface area (Å²) in [5.74, 6) is -0.0749. The van der Waals surface area contributed by atoms with Gasteiger partial charge >= 0.3 is 6.18 Å². The van der Waals surface area contributed by atoms with Gasteiger partial charge in [0.2, 0.25) is 5.91 Å². The average molecular weight is 370 g/mol. The summed E-state index contributed by atoms with van der Waals surface area (Å²) in [5.41, 5.74) is -0.543. The Morgan fingerprint density at radius 2 is 1.62 bits per heavy atom. The molecule has 0 saturated carbocycles. The molecule has 0 bridgehead atoms. The van der Waals surface area contributed by atoms with Crippen molar-refractivity contribution in [3.05, 3.63) is 35.4 Å². The van der Waals surface area contributed by atoms with Crippen molar-refractivity contribution < 1.29 is 22.8 Å². The van der Waals surface area contributed by atoms with E-state index < -0.39 is 11.7 Å². The zero-order valence-corrected chi connectivity index (χ0v) is 15.3. The van der Waals surface area contributed by atoms with Crippen LogP contribution in [-0.4, -0.2) is 35.8 Å². The van der Waals surface area contributed by atoms with Crippen LogP contribution in [0.2, 0.25) is 0 Å². The maximum absolute atomic E-state index is 12.6. The zero-order valence-electron chi connectivity index (χ0n) is 15.3. The molecule has 144 valence electrons. The predicted octanol–water partition coefficient (Wildman–Crippen LogP) is 3.72.